The molecule has 0 saturated carbocycles. The average molecular weight is 459 g/mol. The van der Waals surface area contributed by atoms with Gasteiger partial charge in [-0.2, -0.15) is 11.8 Å². The highest BCUT2D eigenvalue weighted by atomic mass is 127. The van der Waals surface area contributed by atoms with Crippen LogP contribution in [0.4, 0.5) is 0 Å². The Kier molecular flexibility index (Phi) is 16.0. The van der Waals surface area contributed by atoms with Crippen LogP contribution in [0.5, 0.6) is 0 Å². The fourth-order valence-electron chi connectivity index (χ4n) is 2.52. The number of halogens is 1. The van der Waals surface area contributed by atoms with Crippen molar-refractivity contribution in [1.29, 1.82) is 0 Å². The van der Waals surface area contributed by atoms with E-state index >= 15 is 0 Å². The highest BCUT2D eigenvalue weighted by molar-refractivity contribution is 14.0. The van der Waals surface area contributed by atoms with Crippen molar-refractivity contribution in [2.24, 2.45) is 10.9 Å². The van der Waals surface area contributed by atoms with Crippen molar-refractivity contribution in [2.75, 3.05) is 65.1 Å². The predicted molar refractivity (Wildman–Crippen MR) is 111 cm³/mol. The fraction of sp³-hybridized carbons (Fsp3) is 0.938. The maximum Gasteiger partial charge on any atom is 0.193 e. The third kappa shape index (κ3) is 10.7. The van der Waals surface area contributed by atoms with E-state index in [0.717, 1.165) is 38.7 Å². The molecule has 7 heteroatoms. The molecular formula is C16H34IN3O2S. The van der Waals surface area contributed by atoms with E-state index in [4.69, 9.17) is 14.5 Å². The smallest absolute Gasteiger partial charge is 0.193 e. The maximum absolute atomic E-state index is 5.66. The third-order valence-corrected chi connectivity index (χ3v) is 4.42. The summed E-state index contributed by atoms with van der Waals surface area (Å²) in [4.78, 5) is 7.15. The van der Waals surface area contributed by atoms with Gasteiger partial charge in [0, 0.05) is 39.2 Å². The fourth-order valence-corrected chi connectivity index (χ4v) is 3.02. The summed E-state index contributed by atoms with van der Waals surface area (Å²) >= 11 is 1.91. The van der Waals surface area contributed by atoms with Crippen molar-refractivity contribution in [3.63, 3.8) is 0 Å². The minimum absolute atomic E-state index is 0. The van der Waals surface area contributed by atoms with Gasteiger partial charge in [-0.25, -0.2) is 0 Å². The molecule has 0 aromatic rings. The molecule has 1 atom stereocenters. The van der Waals surface area contributed by atoms with Gasteiger partial charge < -0.3 is 19.7 Å². The van der Waals surface area contributed by atoms with Gasteiger partial charge in [0.25, 0.3) is 0 Å². The largest absolute Gasteiger partial charge is 0.382 e. The standard InChI is InChI=1S/C16H33N3O2S.HI/c1-4-17-16(18-8-5-6-12-22-3)19-9-7-15(13-19)14-21-11-10-20-2;/h15H,4-14H2,1-3H3,(H,17,18);1H. The lowest BCUT2D eigenvalue weighted by Gasteiger charge is -2.21. The highest BCUT2D eigenvalue weighted by Gasteiger charge is 2.24. The number of hydrogen-bond acceptors (Lipinski definition) is 4. The molecule has 0 radical (unpaired) electrons. The Morgan fingerprint density at radius 2 is 2.17 bits per heavy atom. The lowest BCUT2D eigenvalue weighted by molar-refractivity contribution is 0.0536. The van der Waals surface area contributed by atoms with E-state index in [1.807, 2.05) is 11.8 Å². The van der Waals surface area contributed by atoms with Gasteiger partial charge in [0.05, 0.1) is 19.8 Å². The molecule has 23 heavy (non-hydrogen) atoms. The van der Waals surface area contributed by atoms with Crippen LogP contribution in [0.2, 0.25) is 0 Å². The number of likely N-dealkylation sites (tertiary alicyclic amines) is 1. The van der Waals surface area contributed by atoms with Crippen LogP contribution in [0.15, 0.2) is 4.99 Å². The van der Waals surface area contributed by atoms with Crippen LogP contribution < -0.4 is 5.32 Å². The number of guanidine groups is 1. The number of nitrogens with zero attached hydrogens (tertiary/aromatic N) is 2. The van der Waals surface area contributed by atoms with Crippen molar-refractivity contribution < 1.29 is 9.47 Å². The maximum atomic E-state index is 5.66. The van der Waals surface area contributed by atoms with E-state index in [1.54, 1.807) is 7.11 Å². The molecule has 1 aliphatic rings. The molecule has 0 aromatic heterocycles. The zero-order valence-electron chi connectivity index (χ0n) is 14.9. The van der Waals surface area contributed by atoms with Crippen molar-refractivity contribution in [2.45, 2.75) is 26.2 Å². The molecule has 1 aliphatic heterocycles. The number of methoxy groups -OCH3 is 1. The predicted octanol–water partition coefficient (Wildman–Crippen LogP) is 2.70. The monoisotopic (exact) mass is 459 g/mol. The summed E-state index contributed by atoms with van der Waals surface area (Å²) in [5.74, 6) is 2.92. The summed E-state index contributed by atoms with van der Waals surface area (Å²) in [5.41, 5.74) is 0. The molecule has 1 heterocycles. The van der Waals surface area contributed by atoms with Crippen molar-refractivity contribution >= 4 is 41.7 Å². The molecule has 1 unspecified atom stereocenters. The Morgan fingerprint density at radius 1 is 1.35 bits per heavy atom. The molecule has 1 saturated heterocycles. The van der Waals surface area contributed by atoms with E-state index in [1.165, 1.54) is 25.0 Å². The zero-order valence-corrected chi connectivity index (χ0v) is 18.0. The summed E-state index contributed by atoms with van der Waals surface area (Å²) in [6.07, 6.45) is 5.77. The number of unbranched alkanes of at least 4 members (excludes halogenated alkanes) is 1. The highest BCUT2D eigenvalue weighted by Crippen LogP contribution is 2.16. The van der Waals surface area contributed by atoms with Crippen LogP contribution in [0, 0.1) is 5.92 Å². The minimum Gasteiger partial charge on any atom is -0.382 e. The zero-order chi connectivity index (χ0) is 16.0. The number of ether oxygens (including phenoxy) is 2. The number of rotatable bonds is 11. The molecule has 1 fully saturated rings. The van der Waals surface area contributed by atoms with Crippen LogP contribution >= 0.6 is 35.7 Å². The Morgan fingerprint density at radius 3 is 2.87 bits per heavy atom. The molecule has 0 spiro atoms. The molecule has 138 valence electrons. The Hall–Kier alpha value is 0.270. The van der Waals surface area contributed by atoms with Gasteiger partial charge >= 0.3 is 0 Å². The normalized spacial score (nSPS) is 18.1. The topological polar surface area (TPSA) is 46.1 Å². The van der Waals surface area contributed by atoms with Gasteiger partial charge in [0.2, 0.25) is 0 Å². The first-order valence-electron chi connectivity index (χ1n) is 8.40. The summed E-state index contributed by atoms with van der Waals surface area (Å²) in [6, 6.07) is 0. The van der Waals surface area contributed by atoms with Crippen LogP contribution in [-0.4, -0.2) is 76.0 Å². The van der Waals surface area contributed by atoms with E-state index in [2.05, 4.69) is 23.4 Å². The second-order valence-electron chi connectivity index (χ2n) is 5.60. The summed E-state index contributed by atoms with van der Waals surface area (Å²) < 4.78 is 10.7. The lowest BCUT2D eigenvalue weighted by atomic mass is 10.1. The van der Waals surface area contributed by atoms with Gasteiger partial charge in [0.15, 0.2) is 5.96 Å². The summed E-state index contributed by atoms with van der Waals surface area (Å²) in [6.45, 7) is 8.30. The van der Waals surface area contributed by atoms with E-state index in [9.17, 15) is 0 Å². The molecule has 0 aromatic carbocycles. The van der Waals surface area contributed by atoms with Crippen LogP contribution in [-0.2, 0) is 9.47 Å². The number of thioether (sulfide) groups is 1. The van der Waals surface area contributed by atoms with Gasteiger partial charge in [-0.05, 0) is 38.2 Å². The first kappa shape index (κ1) is 23.3. The van der Waals surface area contributed by atoms with Crippen molar-refractivity contribution in [3.05, 3.63) is 0 Å². The first-order valence-corrected chi connectivity index (χ1v) is 9.80. The van der Waals surface area contributed by atoms with E-state index < -0.39 is 0 Å². The number of nitrogens with one attached hydrogen (secondary N) is 1. The van der Waals surface area contributed by atoms with E-state index in [-0.39, 0.29) is 24.0 Å². The minimum atomic E-state index is 0. The average Bonchev–Trinajstić information content (AvgIpc) is 2.99. The quantitative estimate of drug-likeness (QED) is 0.223. The van der Waals surface area contributed by atoms with E-state index in [0.29, 0.717) is 19.1 Å². The SMILES string of the molecule is CCNC(=NCCCCSC)N1CCC(COCCOC)C1.I. The molecule has 5 nitrogen and oxygen atoms in total. The van der Waals surface area contributed by atoms with Gasteiger partial charge in [-0.15, -0.1) is 24.0 Å². The Balaban J connectivity index is 0.00000484. The first-order chi connectivity index (χ1) is 10.8. The second-order valence-corrected chi connectivity index (χ2v) is 6.59. The van der Waals surface area contributed by atoms with Crippen molar-refractivity contribution in [3.8, 4) is 0 Å². The number of aliphatic imine (C=N–C) groups is 1. The van der Waals surface area contributed by atoms with Gasteiger partial charge in [-0.3, -0.25) is 4.99 Å². The summed E-state index contributed by atoms with van der Waals surface area (Å²) in [5, 5.41) is 3.42. The molecule has 0 aliphatic carbocycles. The van der Waals surface area contributed by atoms with Gasteiger partial charge in [-0.1, -0.05) is 0 Å². The Labute approximate surface area is 163 Å². The number of hydrogen-bond donors (Lipinski definition) is 1. The van der Waals surface area contributed by atoms with Crippen LogP contribution in [0.3, 0.4) is 0 Å². The molecule has 0 amide bonds. The molecule has 1 N–H and O–H groups in total. The molecule has 1 rings (SSSR count). The molecular weight excluding hydrogens is 425 g/mol. The van der Waals surface area contributed by atoms with Gasteiger partial charge in [0.1, 0.15) is 0 Å². The van der Waals surface area contributed by atoms with Crippen molar-refractivity contribution in [1.82, 2.24) is 10.2 Å². The second kappa shape index (κ2) is 15.8. The Bertz CT molecular complexity index is 309. The third-order valence-electron chi connectivity index (χ3n) is 3.72. The molecule has 0 bridgehead atoms. The van der Waals surface area contributed by atoms with Crippen LogP contribution in [0.1, 0.15) is 26.2 Å². The van der Waals surface area contributed by atoms with Crippen LogP contribution in [0.25, 0.3) is 0 Å². The lowest BCUT2D eigenvalue weighted by Crippen LogP contribution is -2.40. The summed E-state index contributed by atoms with van der Waals surface area (Å²) in [7, 11) is 1.71.